The van der Waals surface area contributed by atoms with Gasteiger partial charge in [0.1, 0.15) is 17.8 Å². The van der Waals surface area contributed by atoms with Gasteiger partial charge in [-0.15, -0.1) is 10.2 Å². The summed E-state index contributed by atoms with van der Waals surface area (Å²) in [7, 11) is 1.51. The standard InChI is InChI=1S/C20H20ClFN4O3/c1-27-12-29-18-9-14(13-10-23-26(11-13)20-4-2-3-7-28-20)16(22)8-15(18)17-5-6-19(21)25-24-17/h5-6,8-11,20H,2-4,7,12H2,1H3. The molecule has 1 aromatic carbocycles. The highest BCUT2D eigenvalue weighted by molar-refractivity contribution is 6.29. The van der Waals surface area contributed by atoms with Crippen molar-refractivity contribution >= 4 is 11.6 Å². The van der Waals surface area contributed by atoms with Gasteiger partial charge < -0.3 is 14.2 Å². The van der Waals surface area contributed by atoms with Gasteiger partial charge in [0.25, 0.3) is 0 Å². The molecule has 3 aromatic rings. The Bertz CT molecular complexity index is 974. The molecule has 1 unspecified atom stereocenters. The Morgan fingerprint density at radius 2 is 2.14 bits per heavy atom. The summed E-state index contributed by atoms with van der Waals surface area (Å²) in [6.07, 6.45) is 6.32. The molecular weight excluding hydrogens is 399 g/mol. The first-order chi connectivity index (χ1) is 14.2. The molecule has 1 saturated heterocycles. The van der Waals surface area contributed by atoms with Crippen LogP contribution >= 0.6 is 11.6 Å². The third-order valence-electron chi connectivity index (χ3n) is 4.67. The predicted molar refractivity (Wildman–Crippen MR) is 105 cm³/mol. The largest absolute Gasteiger partial charge is 0.467 e. The first-order valence-corrected chi connectivity index (χ1v) is 9.64. The van der Waals surface area contributed by atoms with Crippen LogP contribution in [0.1, 0.15) is 25.5 Å². The van der Waals surface area contributed by atoms with E-state index in [2.05, 4.69) is 15.3 Å². The normalized spacial score (nSPS) is 16.7. The van der Waals surface area contributed by atoms with Crippen LogP contribution in [0.25, 0.3) is 22.4 Å². The first kappa shape index (κ1) is 19.8. The lowest BCUT2D eigenvalue weighted by molar-refractivity contribution is -0.0394. The molecule has 7 nitrogen and oxygen atoms in total. The van der Waals surface area contributed by atoms with E-state index in [1.807, 2.05) is 0 Å². The van der Waals surface area contributed by atoms with Crippen LogP contribution in [0.2, 0.25) is 5.15 Å². The summed E-state index contributed by atoms with van der Waals surface area (Å²) < 4.78 is 33.2. The average Bonchev–Trinajstić information content (AvgIpc) is 3.24. The SMILES string of the molecule is COCOc1cc(-c2cnn(C3CCCCO3)c2)c(F)cc1-c1ccc(Cl)nn1. The highest BCUT2D eigenvalue weighted by Crippen LogP contribution is 2.36. The van der Waals surface area contributed by atoms with E-state index in [1.165, 1.54) is 13.2 Å². The van der Waals surface area contributed by atoms with Gasteiger partial charge in [-0.05, 0) is 43.5 Å². The molecule has 1 aliphatic heterocycles. The number of halogens is 2. The van der Waals surface area contributed by atoms with E-state index in [0.29, 0.717) is 34.7 Å². The topological polar surface area (TPSA) is 71.3 Å². The van der Waals surface area contributed by atoms with Gasteiger partial charge in [-0.2, -0.15) is 5.10 Å². The van der Waals surface area contributed by atoms with Crippen LogP contribution in [0.5, 0.6) is 5.75 Å². The number of ether oxygens (including phenoxy) is 3. The summed E-state index contributed by atoms with van der Waals surface area (Å²) in [5.41, 5.74) is 1.89. The molecule has 152 valence electrons. The Hall–Kier alpha value is -2.55. The maximum Gasteiger partial charge on any atom is 0.188 e. The molecular formula is C20H20ClFN4O3. The van der Waals surface area contributed by atoms with Gasteiger partial charge in [-0.3, -0.25) is 0 Å². The predicted octanol–water partition coefficient (Wildman–Crippen LogP) is 4.48. The Labute approximate surface area is 172 Å². The quantitative estimate of drug-likeness (QED) is 0.549. The molecule has 0 amide bonds. The van der Waals surface area contributed by atoms with E-state index in [0.717, 1.165) is 19.3 Å². The zero-order valence-corrected chi connectivity index (χ0v) is 16.6. The number of hydrogen-bond acceptors (Lipinski definition) is 6. The molecule has 4 rings (SSSR count). The van der Waals surface area contributed by atoms with Crippen molar-refractivity contribution in [3.63, 3.8) is 0 Å². The van der Waals surface area contributed by atoms with Crippen molar-refractivity contribution in [1.29, 1.82) is 0 Å². The number of nitrogens with zero attached hydrogens (tertiary/aromatic N) is 4. The van der Waals surface area contributed by atoms with E-state index in [-0.39, 0.29) is 18.2 Å². The average molecular weight is 419 g/mol. The summed E-state index contributed by atoms with van der Waals surface area (Å²) in [6, 6.07) is 6.22. The second kappa shape index (κ2) is 8.86. The van der Waals surface area contributed by atoms with Crippen molar-refractivity contribution < 1.29 is 18.6 Å². The summed E-state index contributed by atoms with van der Waals surface area (Å²) in [6.45, 7) is 0.717. The number of hydrogen-bond donors (Lipinski definition) is 0. The maximum absolute atomic E-state index is 15.0. The summed E-state index contributed by atoms with van der Waals surface area (Å²) in [5.74, 6) is -0.00725. The van der Waals surface area contributed by atoms with Crippen LogP contribution in [0, 0.1) is 5.82 Å². The third kappa shape index (κ3) is 4.39. The van der Waals surface area contributed by atoms with Crippen LogP contribution in [0.15, 0.2) is 36.7 Å². The van der Waals surface area contributed by atoms with Crippen molar-refractivity contribution in [1.82, 2.24) is 20.0 Å². The maximum atomic E-state index is 15.0. The van der Waals surface area contributed by atoms with Gasteiger partial charge in [-0.25, -0.2) is 9.07 Å². The fourth-order valence-electron chi connectivity index (χ4n) is 3.24. The van der Waals surface area contributed by atoms with Crippen LogP contribution in [0.4, 0.5) is 4.39 Å². The van der Waals surface area contributed by atoms with Gasteiger partial charge in [0.2, 0.25) is 0 Å². The van der Waals surface area contributed by atoms with Crippen LogP contribution < -0.4 is 4.74 Å². The Morgan fingerprint density at radius 1 is 1.24 bits per heavy atom. The number of aromatic nitrogens is 4. The second-order valence-corrected chi connectivity index (χ2v) is 7.04. The van der Waals surface area contributed by atoms with E-state index >= 15 is 4.39 Å². The monoisotopic (exact) mass is 418 g/mol. The Morgan fingerprint density at radius 3 is 2.86 bits per heavy atom. The minimum absolute atomic E-state index is 0.00820. The fourth-order valence-corrected chi connectivity index (χ4v) is 3.34. The molecule has 0 saturated carbocycles. The molecule has 3 heterocycles. The molecule has 0 spiro atoms. The van der Waals surface area contributed by atoms with Crippen molar-refractivity contribution in [2.75, 3.05) is 20.5 Å². The molecule has 1 atom stereocenters. The minimum Gasteiger partial charge on any atom is -0.467 e. The lowest BCUT2D eigenvalue weighted by atomic mass is 10.0. The van der Waals surface area contributed by atoms with Crippen molar-refractivity contribution in [2.24, 2.45) is 0 Å². The smallest absolute Gasteiger partial charge is 0.188 e. The third-order valence-corrected chi connectivity index (χ3v) is 4.87. The molecule has 0 radical (unpaired) electrons. The molecule has 9 heteroatoms. The van der Waals surface area contributed by atoms with Gasteiger partial charge >= 0.3 is 0 Å². The molecule has 0 aliphatic carbocycles. The number of methoxy groups -OCH3 is 1. The summed E-state index contributed by atoms with van der Waals surface area (Å²) in [5, 5.41) is 12.5. The van der Waals surface area contributed by atoms with Crippen LogP contribution in [-0.2, 0) is 9.47 Å². The van der Waals surface area contributed by atoms with E-state index in [1.54, 1.807) is 35.3 Å². The van der Waals surface area contributed by atoms with E-state index < -0.39 is 5.82 Å². The Kier molecular flexibility index (Phi) is 6.03. The molecule has 1 fully saturated rings. The summed E-state index contributed by atoms with van der Waals surface area (Å²) in [4.78, 5) is 0. The fraction of sp³-hybridized carbons (Fsp3) is 0.350. The van der Waals surface area contributed by atoms with Gasteiger partial charge in [0, 0.05) is 36.6 Å². The van der Waals surface area contributed by atoms with Crippen LogP contribution in [0.3, 0.4) is 0 Å². The van der Waals surface area contributed by atoms with E-state index in [4.69, 9.17) is 25.8 Å². The lowest BCUT2D eigenvalue weighted by Gasteiger charge is -2.22. The zero-order valence-electron chi connectivity index (χ0n) is 15.8. The number of rotatable bonds is 6. The van der Waals surface area contributed by atoms with Gasteiger partial charge in [0.15, 0.2) is 11.9 Å². The Balaban J connectivity index is 1.70. The second-order valence-electron chi connectivity index (χ2n) is 6.65. The lowest BCUT2D eigenvalue weighted by Crippen LogP contribution is -2.18. The molecule has 2 aromatic heterocycles. The van der Waals surface area contributed by atoms with Crippen LogP contribution in [-0.4, -0.2) is 40.5 Å². The zero-order chi connectivity index (χ0) is 20.2. The van der Waals surface area contributed by atoms with Crippen molar-refractivity contribution in [3.8, 4) is 28.1 Å². The van der Waals surface area contributed by atoms with Crippen molar-refractivity contribution in [3.05, 3.63) is 47.6 Å². The van der Waals surface area contributed by atoms with Gasteiger partial charge in [0.05, 0.1) is 11.9 Å². The molecule has 0 N–H and O–H groups in total. The van der Waals surface area contributed by atoms with Crippen molar-refractivity contribution in [2.45, 2.75) is 25.5 Å². The minimum atomic E-state index is -0.425. The van der Waals surface area contributed by atoms with Gasteiger partial charge in [-0.1, -0.05) is 11.6 Å². The number of benzene rings is 1. The molecule has 29 heavy (non-hydrogen) atoms. The van der Waals surface area contributed by atoms with E-state index in [9.17, 15) is 0 Å². The highest BCUT2D eigenvalue weighted by atomic mass is 35.5. The molecule has 0 bridgehead atoms. The molecule has 1 aliphatic rings. The highest BCUT2D eigenvalue weighted by Gasteiger charge is 2.20. The summed E-state index contributed by atoms with van der Waals surface area (Å²) >= 11 is 5.81. The first-order valence-electron chi connectivity index (χ1n) is 9.26.